The molecular weight excluding hydrogens is 396 g/mol. The molecule has 1 fully saturated rings. The molecule has 0 spiro atoms. The predicted octanol–water partition coefficient (Wildman–Crippen LogP) is 2.42. The number of benzene rings is 1. The van der Waals surface area contributed by atoms with E-state index in [0.717, 1.165) is 48.9 Å². The molecule has 31 heavy (non-hydrogen) atoms. The summed E-state index contributed by atoms with van der Waals surface area (Å²) in [5.41, 5.74) is 8.44. The molecule has 1 aromatic carbocycles. The van der Waals surface area contributed by atoms with Gasteiger partial charge in [-0.25, -0.2) is 4.79 Å². The number of aromatic carboxylic acids is 1. The largest absolute Gasteiger partial charge is 0.506 e. The van der Waals surface area contributed by atoms with E-state index < -0.39 is 22.8 Å². The number of likely N-dealkylation sites (tertiary alicyclic amines) is 1. The Morgan fingerprint density at radius 1 is 1.26 bits per heavy atom. The van der Waals surface area contributed by atoms with E-state index in [0.29, 0.717) is 23.7 Å². The third-order valence-electron chi connectivity index (χ3n) is 6.31. The first-order chi connectivity index (χ1) is 14.8. The smallest absolute Gasteiger partial charge is 0.345 e. The Hall–Kier alpha value is -3.10. The quantitative estimate of drug-likeness (QED) is 0.499. The second kappa shape index (κ2) is 8.20. The minimum atomic E-state index is -1.44. The molecule has 1 saturated heterocycles. The summed E-state index contributed by atoms with van der Waals surface area (Å²) in [5.74, 6) is -1.91. The van der Waals surface area contributed by atoms with Gasteiger partial charge in [-0.3, -0.25) is 9.69 Å². The molecule has 8 nitrogen and oxygen atoms in total. The Bertz CT molecular complexity index is 1200. The standard InChI is InChI=1S/C23H28N4O4/c1-3-17-20(25-22(29)19(21(17)28)23(30)31)13-4-5-18-14(10-13)11-16(26(18)2)12-27-8-6-15(24)7-9-27/h4-5,10-11,15H,3,6-9,12,24H2,1-2H3,(H,30,31)(H2,25,28,29). The number of nitrogens with two attached hydrogens (primary N) is 1. The number of aromatic hydroxyl groups is 1. The third-order valence-corrected chi connectivity index (χ3v) is 6.31. The van der Waals surface area contributed by atoms with Crippen molar-refractivity contribution in [3.63, 3.8) is 0 Å². The first-order valence-corrected chi connectivity index (χ1v) is 10.6. The van der Waals surface area contributed by atoms with Crippen molar-refractivity contribution in [3.05, 3.63) is 51.4 Å². The summed E-state index contributed by atoms with van der Waals surface area (Å²) in [6, 6.07) is 8.28. The van der Waals surface area contributed by atoms with Gasteiger partial charge in [-0.05, 0) is 43.0 Å². The monoisotopic (exact) mass is 424 g/mol. The first-order valence-electron chi connectivity index (χ1n) is 10.6. The number of hydrogen-bond acceptors (Lipinski definition) is 5. The number of aromatic nitrogens is 2. The molecule has 1 aliphatic heterocycles. The zero-order valence-electron chi connectivity index (χ0n) is 17.8. The molecule has 0 aliphatic carbocycles. The van der Waals surface area contributed by atoms with Crippen molar-refractivity contribution in [2.45, 2.75) is 38.8 Å². The number of fused-ring (bicyclic) bond motifs is 1. The summed E-state index contributed by atoms with van der Waals surface area (Å²) in [4.78, 5) is 28.7. The number of piperidine rings is 1. The molecule has 4 rings (SSSR count). The molecule has 164 valence electrons. The van der Waals surface area contributed by atoms with Crippen molar-refractivity contribution in [1.82, 2.24) is 14.5 Å². The Morgan fingerprint density at radius 3 is 2.61 bits per heavy atom. The van der Waals surface area contributed by atoms with Crippen LogP contribution in [0.3, 0.4) is 0 Å². The number of carboxylic acids is 1. The molecule has 0 unspecified atom stereocenters. The molecule has 2 aromatic heterocycles. The van der Waals surface area contributed by atoms with Gasteiger partial charge in [-0.15, -0.1) is 0 Å². The van der Waals surface area contributed by atoms with E-state index in [9.17, 15) is 19.8 Å². The summed E-state index contributed by atoms with van der Waals surface area (Å²) in [6.45, 7) is 4.64. The second-order valence-corrected chi connectivity index (χ2v) is 8.27. The van der Waals surface area contributed by atoms with Crippen LogP contribution >= 0.6 is 0 Å². The summed E-state index contributed by atoms with van der Waals surface area (Å²) < 4.78 is 2.17. The molecular formula is C23H28N4O4. The van der Waals surface area contributed by atoms with Crippen LogP contribution in [0.1, 0.15) is 41.4 Å². The Labute approximate surface area is 179 Å². The molecule has 0 saturated carbocycles. The van der Waals surface area contributed by atoms with Gasteiger partial charge in [0.1, 0.15) is 5.75 Å². The maximum Gasteiger partial charge on any atom is 0.345 e. The highest BCUT2D eigenvalue weighted by molar-refractivity contribution is 5.92. The number of rotatable bonds is 5. The number of aryl methyl sites for hydroxylation is 1. The number of nitrogens with one attached hydrogen (secondary N) is 1. The Kier molecular flexibility index (Phi) is 5.60. The van der Waals surface area contributed by atoms with Crippen LogP contribution in [0.4, 0.5) is 0 Å². The molecule has 0 amide bonds. The maximum atomic E-state index is 12.3. The van der Waals surface area contributed by atoms with Crippen molar-refractivity contribution in [1.29, 1.82) is 0 Å². The molecule has 5 N–H and O–H groups in total. The Balaban J connectivity index is 1.73. The molecule has 3 heterocycles. The topological polar surface area (TPSA) is 125 Å². The number of hydrogen-bond donors (Lipinski definition) is 4. The lowest BCUT2D eigenvalue weighted by Crippen LogP contribution is -2.39. The molecule has 1 aliphatic rings. The minimum Gasteiger partial charge on any atom is -0.506 e. The molecule has 0 radical (unpaired) electrons. The van der Waals surface area contributed by atoms with Crippen molar-refractivity contribution in [3.8, 4) is 17.0 Å². The molecule has 0 atom stereocenters. The average molecular weight is 425 g/mol. The SMILES string of the molecule is CCc1c(-c2ccc3c(c2)cc(CN2CCC(N)CC2)n3C)[nH]c(=O)c(C(=O)O)c1O. The number of nitrogens with zero attached hydrogens (tertiary/aromatic N) is 2. The molecule has 8 heteroatoms. The summed E-state index contributed by atoms with van der Waals surface area (Å²) in [7, 11) is 2.04. The van der Waals surface area contributed by atoms with Crippen LogP contribution in [0.25, 0.3) is 22.2 Å². The second-order valence-electron chi connectivity index (χ2n) is 8.27. The molecule has 0 bridgehead atoms. The van der Waals surface area contributed by atoms with Crippen molar-refractivity contribution in [2.75, 3.05) is 13.1 Å². The van der Waals surface area contributed by atoms with Gasteiger partial charge in [0, 0.05) is 54.9 Å². The van der Waals surface area contributed by atoms with Crippen LogP contribution in [-0.2, 0) is 20.0 Å². The number of H-pyrrole nitrogens is 1. The maximum absolute atomic E-state index is 12.3. The lowest BCUT2D eigenvalue weighted by molar-refractivity contribution is 0.0691. The van der Waals surface area contributed by atoms with Gasteiger partial charge in [-0.1, -0.05) is 13.0 Å². The third kappa shape index (κ3) is 3.84. The van der Waals surface area contributed by atoms with Crippen molar-refractivity contribution >= 4 is 16.9 Å². The van der Waals surface area contributed by atoms with Crippen LogP contribution in [0, 0.1) is 0 Å². The van der Waals surface area contributed by atoms with E-state index in [1.807, 2.05) is 32.2 Å². The van der Waals surface area contributed by atoms with E-state index in [2.05, 4.69) is 20.5 Å². The fraction of sp³-hybridized carbons (Fsp3) is 0.391. The van der Waals surface area contributed by atoms with Gasteiger partial charge in [0.25, 0.3) is 5.56 Å². The van der Waals surface area contributed by atoms with Crippen LogP contribution in [0.15, 0.2) is 29.1 Å². The predicted molar refractivity (Wildman–Crippen MR) is 119 cm³/mol. The van der Waals surface area contributed by atoms with Gasteiger partial charge in [0.05, 0.1) is 5.69 Å². The van der Waals surface area contributed by atoms with Crippen LogP contribution in [-0.4, -0.2) is 49.8 Å². The summed E-state index contributed by atoms with van der Waals surface area (Å²) in [6.07, 6.45) is 2.40. The average Bonchev–Trinajstić information content (AvgIpc) is 3.03. The zero-order valence-corrected chi connectivity index (χ0v) is 17.8. The highest BCUT2D eigenvalue weighted by Crippen LogP contribution is 2.32. The van der Waals surface area contributed by atoms with Crippen LogP contribution < -0.4 is 11.3 Å². The zero-order chi connectivity index (χ0) is 22.3. The summed E-state index contributed by atoms with van der Waals surface area (Å²) >= 11 is 0. The van der Waals surface area contributed by atoms with Gasteiger partial charge in [0.2, 0.25) is 0 Å². The van der Waals surface area contributed by atoms with Gasteiger partial charge in [0.15, 0.2) is 5.56 Å². The highest BCUT2D eigenvalue weighted by Gasteiger charge is 2.22. The Morgan fingerprint density at radius 2 is 1.97 bits per heavy atom. The van der Waals surface area contributed by atoms with E-state index in [-0.39, 0.29) is 0 Å². The van der Waals surface area contributed by atoms with E-state index >= 15 is 0 Å². The van der Waals surface area contributed by atoms with Crippen molar-refractivity contribution < 1.29 is 15.0 Å². The molecule has 3 aromatic rings. The van der Waals surface area contributed by atoms with Crippen LogP contribution in [0.2, 0.25) is 0 Å². The van der Waals surface area contributed by atoms with Gasteiger partial charge in [-0.2, -0.15) is 0 Å². The highest BCUT2D eigenvalue weighted by atomic mass is 16.4. The minimum absolute atomic E-state index is 0.296. The number of carbonyl (C=O) groups is 1. The van der Waals surface area contributed by atoms with Crippen LogP contribution in [0.5, 0.6) is 5.75 Å². The van der Waals surface area contributed by atoms with E-state index in [4.69, 9.17) is 5.73 Å². The van der Waals surface area contributed by atoms with E-state index in [1.165, 1.54) is 5.69 Å². The number of pyridine rings is 1. The lowest BCUT2D eigenvalue weighted by atomic mass is 9.99. The fourth-order valence-electron chi connectivity index (χ4n) is 4.47. The normalized spacial score (nSPS) is 15.6. The number of aromatic amines is 1. The van der Waals surface area contributed by atoms with E-state index in [1.54, 1.807) is 0 Å². The van der Waals surface area contributed by atoms with Crippen molar-refractivity contribution in [2.24, 2.45) is 12.8 Å². The summed E-state index contributed by atoms with van der Waals surface area (Å²) in [5, 5.41) is 20.7. The van der Waals surface area contributed by atoms with Gasteiger partial charge >= 0.3 is 5.97 Å². The number of carboxylic acid groups (broad SMARTS) is 1. The lowest BCUT2D eigenvalue weighted by Gasteiger charge is -2.30. The first kappa shape index (κ1) is 21.1. The van der Waals surface area contributed by atoms with Gasteiger partial charge < -0.3 is 25.5 Å². The fourth-order valence-corrected chi connectivity index (χ4v) is 4.47.